The number of rotatable bonds is 4. The summed E-state index contributed by atoms with van der Waals surface area (Å²) < 4.78 is 23.5. The van der Waals surface area contributed by atoms with Crippen LogP contribution in [0.25, 0.3) is 6.08 Å². The van der Waals surface area contributed by atoms with Crippen LogP contribution in [0.1, 0.15) is 11.1 Å². The minimum absolute atomic E-state index is 0.248. The number of amidine groups is 1. The Morgan fingerprint density at radius 2 is 1.83 bits per heavy atom. The summed E-state index contributed by atoms with van der Waals surface area (Å²) in [6.07, 6.45) is 1.63. The highest BCUT2D eigenvalue weighted by atomic mass is 19.1. The third-order valence-corrected chi connectivity index (χ3v) is 3.55. The summed E-state index contributed by atoms with van der Waals surface area (Å²) in [5, 5.41) is 2.67. The van der Waals surface area contributed by atoms with E-state index in [0.717, 1.165) is 0 Å². The van der Waals surface area contributed by atoms with Crippen molar-refractivity contribution in [3.63, 3.8) is 0 Å². The van der Waals surface area contributed by atoms with E-state index in [0.29, 0.717) is 28.5 Å². The highest BCUT2D eigenvalue weighted by Crippen LogP contribution is 2.27. The number of nitrogens with zero attached hydrogens (tertiary/aromatic N) is 1. The van der Waals surface area contributed by atoms with Gasteiger partial charge in [0.05, 0.1) is 14.2 Å². The smallest absolute Gasteiger partial charge is 0.275 e. The van der Waals surface area contributed by atoms with Gasteiger partial charge in [0.1, 0.15) is 28.8 Å². The number of halogens is 1. The maximum atomic E-state index is 13.0. The van der Waals surface area contributed by atoms with Crippen molar-refractivity contribution in [1.82, 2.24) is 5.32 Å². The second kappa shape index (κ2) is 6.54. The first-order valence-electron chi connectivity index (χ1n) is 7.20. The van der Waals surface area contributed by atoms with Gasteiger partial charge in [-0.15, -0.1) is 0 Å². The number of aliphatic imine (C=N–C) groups is 1. The van der Waals surface area contributed by atoms with Gasteiger partial charge in [0, 0.05) is 17.2 Å². The third-order valence-electron chi connectivity index (χ3n) is 3.55. The maximum absolute atomic E-state index is 13.0. The number of methoxy groups -OCH3 is 2. The molecule has 1 heterocycles. The zero-order valence-electron chi connectivity index (χ0n) is 13.2. The average Bonchev–Trinajstić information content (AvgIpc) is 2.96. The molecule has 0 atom stereocenters. The molecule has 6 heteroatoms. The molecule has 0 spiro atoms. The van der Waals surface area contributed by atoms with Crippen molar-refractivity contribution in [3.05, 3.63) is 65.1 Å². The molecule has 1 aliphatic rings. The van der Waals surface area contributed by atoms with Gasteiger partial charge in [0.25, 0.3) is 5.91 Å². The Kier molecular flexibility index (Phi) is 4.29. The minimum Gasteiger partial charge on any atom is -0.497 e. The van der Waals surface area contributed by atoms with Crippen molar-refractivity contribution in [3.8, 4) is 11.5 Å². The SMILES string of the molecule is COc1ccc(/C=C2/N=C(c3ccc(F)cc3)NC2=O)c(OC)c1. The van der Waals surface area contributed by atoms with Crippen molar-refractivity contribution < 1.29 is 18.7 Å². The molecule has 0 aromatic heterocycles. The van der Waals surface area contributed by atoms with Crippen LogP contribution >= 0.6 is 0 Å². The lowest BCUT2D eigenvalue weighted by Crippen LogP contribution is -2.24. The Hall–Kier alpha value is -3.15. The van der Waals surface area contributed by atoms with Gasteiger partial charge in [-0.3, -0.25) is 4.79 Å². The first kappa shape index (κ1) is 15.7. The normalized spacial score (nSPS) is 15.2. The molecule has 0 radical (unpaired) electrons. The van der Waals surface area contributed by atoms with Crippen LogP contribution in [0.4, 0.5) is 4.39 Å². The molecule has 1 amide bonds. The standard InChI is InChI=1S/C18H15FN2O3/c1-23-14-8-5-12(16(10-14)24-2)9-15-18(22)21-17(20-15)11-3-6-13(19)7-4-11/h3-10H,1-2H3,(H,20,21,22)/b15-9+. The molecule has 0 bridgehead atoms. The van der Waals surface area contributed by atoms with Gasteiger partial charge in [0.15, 0.2) is 0 Å². The topological polar surface area (TPSA) is 59.9 Å². The summed E-state index contributed by atoms with van der Waals surface area (Å²) >= 11 is 0. The van der Waals surface area contributed by atoms with E-state index in [1.165, 1.54) is 12.1 Å². The molecule has 122 valence electrons. The van der Waals surface area contributed by atoms with E-state index in [4.69, 9.17) is 9.47 Å². The Balaban J connectivity index is 1.95. The second-order valence-electron chi connectivity index (χ2n) is 5.06. The summed E-state index contributed by atoms with van der Waals surface area (Å²) in [7, 11) is 3.11. The molecule has 0 saturated carbocycles. The van der Waals surface area contributed by atoms with Crippen molar-refractivity contribution >= 4 is 17.8 Å². The number of carbonyl (C=O) groups is 1. The molecule has 0 fully saturated rings. The fourth-order valence-corrected chi connectivity index (χ4v) is 2.30. The minimum atomic E-state index is -0.345. The number of hydrogen-bond donors (Lipinski definition) is 1. The van der Waals surface area contributed by atoms with Crippen LogP contribution in [-0.2, 0) is 4.79 Å². The third kappa shape index (κ3) is 3.12. The molecule has 0 aliphatic carbocycles. The molecule has 0 saturated heterocycles. The van der Waals surface area contributed by atoms with Crippen LogP contribution in [0.3, 0.4) is 0 Å². The largest absolute Gasteiger partial charge is 0.497 e. The van der Waals surface area contributed by atoms with Crippen LogP contribution in [0.5, 0.6) is 11.5 Å². The highest BCUT2D eigenvalue weighted by molar-refractivity contribution is 6.19. The fourth-order valence-electron chi connectivity index (χ4n) is 2.30. The number of nitrogens with one attached hydrogen (secondary N) is 1. The lowest BCUT2D eigenvalue weighted by Gasteiger charge is -2.07. The van der Waals surface area contributed by atoms with Crippen molar-refractivity contribution in [1.29, 1.82) is 0 Å². The van der Waals surface area contributed by atoms with Crippen LogP contribution in [0, 0.1) is 5.82 Å². The number of benzene rings is 2. The number of ether oxygens (including phenoxy) is 2. The predicted octanol–water partition coefficient (Wildman–Crippen LogP) is 2.76. The van der Waals surface area contributed by atoms with Crippen molar-refractivity contribution in [2.75, 3.05) is 14.2 Å². The van der Waals surface area contributed by atoms with Crippen molar-refractivity contribution in [2.45, 2.75) is 0 Å². The van der Waals surface area contributed by atoms with E-state index in [1.54, 1.807) is 50.6 Å². The van der Waals surface area contributed by atoms with E-state index in [-0.39, 0.29) is 17.4 Å². The summed E-state index contributed by atoms with van der Waals surface area (Å²) in [5.74, 6) is 0.939. The van der Waals surface area contributed by atoms with Crippen LogP contribution < -0.4 is 14.8 Å². The fraction of sp³-hybridized carbons (Fsp3) is 0.111. The summed E-state index contributed by atoms with van der Waals surface area (Å²) in [5.41, 5.74) is 1.58. The lowest BCUT2D eigenvalue weighted by molar-refractivity contribution is -0.115. The quantitative estimate of drug-likeness (QED) is 0.879. The van der Waals surface area contributed by atoms with Crippen LogP contribution in [0.15, 0.2) is 53.2 Å². The molecule has 1 aliphatic heterocycles. The number of hydrogen-bond acceptors (Lipinski definition) is 4. The van der Waals surface area contributed by atoms with Gasteiger partial charge in [-0.25, -0.2) is 9.38 Å². The molecule has 5 nitrogen and oxygen atoms in total. The van der Waals surface area contributed by atoms with E-state index in [2.05, 4.69) is 10.3 Å². The summed E-state index contributed by atoms with van der Waals surface area (Å²) in [4.78, 5) is 16.4. The Morgan fingerprint density at radius 1 is 1.08 bits per heavy atom. The Bertz CT molecular complexity index is 842. The van der Waals surface area contributed by atoms with Gasteiger partial charge in [-0.2, -0.15) is 0 Å². The van der Waals surface area contributed by atoms with E-state index < -0.39 is 0 Å². The second-order valence-corrected chi connectivity index (χ2v) is 5.06. The Morgan fingerprint density at radius 3 is 2.50 bits per heavy atom. The van der Waals surface area contributed by atoms with Gasteiger partial charge in [-0.05, 0) is 42.5 Å². The van der Waals surface area contributed by atoms with E-state index in [9.17, 15) is 9.18 Å². The molecule has 24 heavy (non-hydrogen) atoms. The monoisotopic (exact) mass is 326 g/mol. The van der Waals surface area contributed by atoms with Gasteiger partial charge in [0.2, 0.25) is 0 Å². The zero-order chi connectivity index (χ0) is 17.1. The predicted molar refractivity (Wildman–Crippen MR) is 88.6 cm³/mol. The Labute approximate surface area is 138 Å². The van der Waals surface area contributed by atoms with Gasteiger partial charge in [-0.1, -0.05) is 0 Å². The highest BCUT2D eigenvalue weighted by Gasteiger charge is 2.21. The zero-order valence-corrected chi connectivity index (χ0v) is 13.2. The molecule has 3 rings (SSSR count). The molecule has 2 aromatic rings. The number of amides is 1. The average molecular weight is 326 g/mol. The molecular weight excluding hydrogens is 311 g/mol. The molecule has 2 aromatic carbocycles. The molecule has 1 N–H and O–H groups in total. The van der Waals surface area contributed by atoms with Crippen molar-refractivity contribution in [2.24, 2.45) is 4.99 Å². The van der Waals surface area contributed by atoms with Gasteiger partial charge >= 0.3 is 0 Å². The molecule has 0 unspecified atom stereocenters. The lowest BCUT2D eigenvalue weighted by atomic mass is 10.1. The van der Waals surface area contributed by atoms with Crippen LogP contribution in [0.2, 0.25) is 0 Å². The first-order valence-corrected chi connectivity index (χ1v) is 7.20. The number of carbonyl (C=O) groups excluding carboxylic acids is 1. The summed E-state index contributed by atoms with van der Waals surface area (Å²) in [6, 6.07) is 11.0. The summed E-state index contributed by atoms with van der Waals surface area (Å²) in [6.45, 7) is 0. The maximum Gasteiger partial charge on any atom is 0.275 e. The van der Waals surface area contributed by atoms with E-state index in [1.807, 2.05) is 0 Å². The first-order chi connectivity index (χ1) is 11.6. The van der Waals surface area contributed by atoms with Gasteiger partial charge < -0.3 is 14.8 Å². The molecular formula is C18H15FN2O3. The van der Waals surface area contributed by atoms with E-state index >= 15 is 0 Å². The van der Waals surface area contributed by atoms with Crippen LogP contribution in [-0.4, -0.2) is 26.0 Å².